The van der Waals surface area contributed by atoms with Crippen LogP contribution in [0.1, 0.15) is 30.3 Å². The maximum absolute atomic E-state index is 12.5. The van der Waals surface area contributed by atoms with Crippen LogP contribution >= 0.6 is 0 Å². The number of carbonyl (C=O) groups is 2. The maximum Gasteiger partial charge on any atom is 0.329 e. The molecule has 2 aromatic carbocycles. The first-order valence-corrected chi connectivity index (χ1v) is 10.2. The molecule has 1 aliphatic rings. The molecule has 152 valence electrons. The van der Waals surface area contributed by atoms with Gasteiger partial charge < -0.3 is 9.88 Å². The number of benzene rings is 2. The fourth-order valence-electron chi connectivity index (χ4n) is 3.92. The average Bonchev–Trinajstić information content (AvgIpc) is 3.18. The van der Waals surface area contributed by atoms with Crippen molar-refractivity contribution in [2.24, 2.45) is 0 Å². The SMILES string of the molecule is CCCN1C(=O)N/C(=C\c2cc(C)n(-c3ccc(-c4ccccc4)cc3)c2C)C1=O. The highest BCUT2D eigenvalue weighted by Crippen LogP contribution is 2.26. The molecule has 1 aliphatic heterocycles. The molecule has 1 saturated heterocycles. The van der Waals surface area contributed by atoms with Crippen LogP contribution in [0.3, 0.4) is 0 Å². The molecule has 30 heavy (non-hydrogen) atoms. The lowest BCUT2D eigenvalue weighted by molar-refractivity contribution is -0.122. The molecule has 0 radical (unpaired) electrons. The molecule has 0 saturated carbocycles. The zero-order valence-corrected chi connectivity index (χ0v) is 17.5. The monoisotopic (exact) mass is 399 g/mol. The van der Waals surface area contributed by atoms with Crippen molar-refractivity contribution < 1.29 is 9.59 Å². The third-order valence-electron chi connectivity index (χ3n) is 5.41. The molecule has 0 aliphatic carbocycles. The van der Waals surface area contributed by atoms with Crippen molar-refractivity contribution in [1.29, 1.82) is 0 Å². The fraction of sp³-hybridized carbons (Fsp3) is 0.200. The van der Waals surface area contributed by atoms with Crippen LogP contribution in [0.2, 0.25) is 0 Å². The quantitative estimate of drug-likeness (QED) is 0.481. The number of aryl methyl sites for hydroxylation is 1. The van der Waals surface area contributed by atoms with Crippen molar-refractivity contribution in [3.8, 4) is 16.8 Å². The first-order valence-electron chi connectivity index (χ1n) is 10.2. The Morgan fingerprint density at radius 1 is 0.933 bits per heavy atom. The molecule has 1 N–H and O–H groups in total. The van der Waals surface area contributed by atoms with Crippen molar-refractivity contribution in [2.75, 3.05) is 6.54 Å². The van der Waals surface area contributed by atoms with Gasteiger partial charge >= 0.3 is 6.03 Å². The van der Waals surface area contributed by atoms with Crippen LogP contribution in [0, 0.1) is 13.8 Å². The summed E-state index contributed by atoms with van der Waals surface area (Å²) in [6, 6.07) is 20.4. The predicted octanol–water partition coefficient (Wildman–Crippen LogP) is 5.06. The van der Waals surface area contributed by atoms with E-state index in [1.807, 2.05) is 45.0 Å². The van der Waals surface area contributed by atoms with Crippen LogP contribution in [0.25, 0.3) is 22.9 Å². The second-order valence-corrected chi connectivity index (χ2v) is 7.52. The molecule has 2 heterocycles. The average molecular weight is 399 g/mol. The number of imide groups is 1. The van der Waals surface area contributed by atoms with Crippen molar-refractivity contribution >= 4 is 18.0 Å². The van der Waals surface area contributed by atoms with Crippen LogP contribution < -0.4 is 5.32 Å². The number of nitrogens with zero attached hydrogens (tertiary/aromatic N) is 2. The van der Waals surface area contributed by atoms with E-state index in [0.717, 1.165) is 29.1 Å². The Labute approximate surface area is 176 Å². The first-order chi connectivity index (χ1) is 14.5. The fourth-order valence-corrected chi connectivity index (χ4v) is 3.92. The lowest BCUT2D eigenvalue weighted by atomic mass is 10.1. The molecule has 0 atom stereocenters. The zero-order valence-electron chi connectivity index (χ0n) is 17.5. The highest BCUT2D eigenvalue weighted by molar-refractivity contribution is 6.14. The Kier molecular flexibility index (Phi) is 5.27. The predicted molar refractivity (Wildman–Crippen MR) is 119 cm³/mol. The number of carbonyl (C=O) groups excluding carboxylic acids is 2. The lowest BCUT2D eigenvalue weighted by Crippen LogP contribution is -2.31. The molecule has 3 amide bonds. The second-order valence-electron chi connectivity index (χ2n) is 7.52. The largest absolute Gasteiger partial charge is 0.329 e. The van der Waals surface area contributed by atoms with E-state index in [2.05, 4.69) is 46.3 Å². The lowest BCUT2D eigenvalue weighted by Gasteiger charge is -2.11. The summed E-state index contributed by atoms with van der Waals surface area (Å²) in [6.07, 6.45) is 2.51. The summed E-state index contributed by atoms with van der Waals surface area (Å²) >= 11 is 0. The summed E-state index contributed by atoms with van der Waals surface area (Å²) in [4.78, 5) is 25.8. The number of amides is 3. The third-order valence-corrected chi connectivity index (χ3v) is 5.41. The summed E-state index contributed by atoms with van der Waals surface area (Å²) < 4.78 is 2.16. The molecule has 1 aromatic heterocycles. The highest BCUT2D eigenvalue weighted by Gasteiger charge is 2.32. The van der Waals surface area contributed by atoms with E-state index < -0.39 is 0 Å². The minimum atomic E-state index is -0.349. The van der Waals surface area contributed by atoms with Crippen LogP contribution in [-0.4, -0.2) is 28.0 Å². The van der Waals surface area contributed by atoms with Crippen LogP contribution in [-0.2, 0) is 4.79 Å². The Bertz CT molecular complexity index is 1130. The topological polar surface area (TPSA) is 54.3 Å². The molecule has 4 rings (SSSR count). The summed E-state index contributed by atoms with van der Waals surface area (Å²) in [6.45, 7) is 6.43. The van der Waals surface area contributed by atoms with Crippen molar-refractivity contribution in [2.45, 2.75) is 27.2 Å². The molecule has 0 unspecified atom stereocenters. The summed E-state index contributed by atoms with van der Waals surface area (Å²) in [5.41, 5.74) is 6.73. The van der Waals surface area contributed by atoms with E-state index >= 15 is 0 Å². The van der Waals surface area contributed by atoms with Gasteiger partial charge in [-0.3, -0.25) is 9.69 Å². The number of urea groups is 1. The van der Waals surface area contributed by atoms with Gasteiger partial charge in [-0.15, -0.1) is 0 Å². The van der Waals surface area contributed by atoms with Gasteiger partial charge in [0.15, 0.2) is 0 Å². The number of nitrogens with one attached hydrogen (secondary N) is 1. The Morgan fingerprint density at radius 3 is 2.27 bits per heavy atom. The van der Waals surface area contributed by atoms with Crippen LogP contribution in [0.5, 0.6) is 0 Å². The van der Waals surface area contributed by atoms with E-state index in [0.29, 0.717) is 12.2 Å². The Morgan fingerprint density at radius 2 is 1.60 bits per heavy atom. The molecule has 5 heteroatoms. The molecule has 0 bridgehead atoms. The van der Waals surface area contributed by atoms with Gasteiger partial charge in [0.25, 0.3) is 5.91 Å². The maximum atomic E-state index is 12.5. The molecular formula is C25H25N3O2. The molecule has 5 nitrogen and oxygen atoms in total. The van der Waals surface area contributed by atoms with Crippen molar-refractivity contribution in [1.82, 2.24) is 14.8 Å². The molecule has 3 aromatic rings. The summed E-state index contributed by atoms with van der Waals surface area (Å²) in [5.74, 6) is -0.265. The minimum absolute atomic E-state index is 0.265. The number of aromatic nitrogens is 1. The van der Waals surface area contributed by atoms with Gasteiger partial charge in [-0.1, -0.05) is 49.4 Å². The van der Waals surface area contributed by atoms with Gasteiger partial charge in [0.05, 0.1) is 0 Å². The Hall–Kier alpha value is -3.60. The van der Waals surface area contributed by atoms with Crippen LogP contribution in [0.4, 0.5) is 4.79 Å². The van der Waals surface area contributed by atoms with E-state index in [4.69, 9.17) is 0 Å². The van der Waals surface area contributed by atoms with E-state index in [-0.39, 0.29) is 11.9 Å². The zero-order chi connectivity index (χ0) is 21.3. The third kappa shape index (κ3) is 3.54. The summed E-state index contributed by atoms with van der Waals surface area (Å²) in [5, 5.41) is 2.70. The van der Waals surface area contributed by atoms with Gasteiger partial charge in [0.2, 0.25) is 0 Å². The highest BCUT2D eigenvalue weighted by atomic mass is 16.2. The van der Waals surface area contributed by atoms with E-state index in [1.54, 1.807) is 6.08 Å². The van der Waals surface area contributed by atoms with Gasteiger partial charge in [0.1, 0.15) is 5.70 Å². The van der Waals surface area contributed by atoms with Gasteiger partial charge in [0, 0.05) is 23.6 Å². The Balaban J connectivity index is 1.65. The smallest absolute Gasteiger partial charge is 0.318 e. The molecule has 1 fully saturated rings. The number of hydrogen-bond donors (Lipinski definition) is 1. The molecular weight excluding hydrogens is 374 g/mol. The van der Waals surface area contributed by atoms with E-state index in [9.17, 15) is 9.59 Å². The van der Waals surface area contributed by atoms with E-state index in [1.165, 1.54) is 16.0 Å². The standard InChI is InChI=1S/C25H25N3O2/c1-4-14-27-24(29)23(26-25(27)30)16-21-15-17(2)28(18(21)3)22-12-10-20(11-13-22)19-8-6-5-7-9-19/h5-13,15-16H,4,14H2,1-3H3,(H,26,30)/b23-16-. The number of hydrogen-bond acceptors (Lipinski definition) is 2. The first kappa shape index (κ1) is 19.7. The summed E-state index contributed by atoms with van der Waals surface area (Å²) in [7, 11) is 0. The van der Waals surface area contributed by atoms with Crippen molar-refractivity contribution in [3.63, 3.8) is 0 Å². The number of rotatable bonds is 5. The minimum Gasteiger partial charge on any atom is -0.318 e. The van der Waals surface area contributed by atoms with Gasteiger partial charge in [-0.05, 0) is 61.2 Å². The normalized spacial score (nSPS) is 15.2. The van der Waals surface area contributed by atoms with Crippen molar-refractivity contribution in [3.05, 3.63) is 83.3 Å². The van der Waals surface area contributed by atoms with Gasteiger partial charge in [-0.2, -0.15) is 0 Å². The van der Waals surface area contributed by atoms with Crippen LogP contribution in [0.15, 0.2) is 66.4 Å². The van der Waals surface area contributed by atoms with Gasteiger partial charge in [-0.25, -0.2) is 4.79 Å². The molecule has 0 spiro atoms. The second kappa shape index (κ2) is 8.03.